The lowest BCUT2D eigenvalue weighted by Gasteiger charge is -2.17. The lowest BCUT2D eigenvalue weighted by Crippen LogP contribution is -2.28. The maximum Gasteiger partial charge on any atom is 0.225 e. The minimum atomic E-state index is 0.508. The van der Waals surface area contributed by atoms with Crippen molar-refractivity contribution in [1.82, 2.24) is 14.9 Å². The van der Waals surface area contributed by atoms with Crippen molar-refractivity contribution in [2.75, 3.05) is 30.8 Å². The number of nitrogens with zero attached hydrogens (tertiary/aromatic N) is 3. The molecule has 21 heavy (non-hydrogen) atoms. The smallest absolute Gasteiger partial charge is 0.225 e. The van der Waals surface area contributed by atoms with E-state index in [1.165, 1.54) is 30.7 Å². The van der Waals surface area contributed by atoms with Gasteiger partial charge >= 0.3 is 0 Å². The summed E-state index contributed by atoms with van der Waals surface area (Å²) in [5.41, 5.74) is 0. The number of hydrogen-bond donors (Lipinski definition) is 2. The van der Waals surface area contributed by atoms with Crippen LogP contribution in [0.1, 0.15) is 24.1 Å². The van der Waals surface area contributed by atoms with Gasteiger partial charge < -0.3 is 10.6 Å². The average Bonchev–Trinajstić information content (AvgIpc) is 3.10. The summed E-state index contributed by atoms with van der Waals surface area (Å²) in [6.45, 7) is 4.49. The Morgan fingerprint density at radius 2 is 2.14 bits per heavy atom. The highest BCUT2D eigenvalue weighted by atomic mass is 32.1. The molecule has 0 aromatic carbocycles. The summed E-state index contributed by atoms with van der Waals surface area (Å²) in [4.78, 5) is 14.1. The highest BCUT2D eigenvalue weighted by Crippen LogP contribution is 2.33. The molecule has 2 aromatic rings. The number of likely N-dealkylation sites (tertiary alicyclic amines) is 1. The molecule has 1 saturated heterocycles. The van der Waals surface area contributed by atoms with Crippen molar-refractivity contribution in [2.45, 2.75) is 38.3 Å². The zero-order valence-corrected chi connectivity index (χ0v) is 13.3. The van der Waals surface area contributed by atoms with E-state index in [0.29, 0.717) is 12.0 Å². The first-order valence-electron chi connectivity index (χ1n) is 7.69. The van der Waals surface area contributed by atoms with Crippen LogP contribution in [0, 0.1) is 6.92 Å². The molecule has 0 spiro atoms. The van der Waals surface area contributed by atoms with E-state index in [9.17, 15) is 0 Å². The van der Waals surface area contributed by atoms with E-state index in [4.69, 9.17) is 0 Å². The Morgan fingerprint density at radius 3 is 2.90 bits per heavy atom. The number of fused-ring (bicyclic) bond motifs is 1. The zero-order chi connectivity index (χ0) is 14.4. The monoisotopic (exact) mass is 303 g/mol. The first kappa shape index (κ1) is 13.3. The maximum absolute atomic E-state index is 4.64. The molecule has 112 valence electrons. The number of hydrogen-bond acceptors (Lipinski definition) is 6. The van der Waals surface area contributed by atoms with Crippen LogP contribution in [0.3, 0.4) is 0 Å². The summed E-state index contributed by atoms with van der Waals surface area (Å²) < 4.78 is 0. The van der Waals surface area contributed by atoms with Gasteiger partial charge in [-0.3, -0.25) is 4.90 Å². The third kappa shape index (κ3) is 2.58. The van der Waals surface area contributed by atoms with Crippen LogP contribution in [0.5, 0.6) is 0 Å². The molecule has 2 aromatic heterocycles. The molecule has 2 N–H and O–H groups in total. The van der Waals surface area contributed by atoms with Crippen molar-refractivity contribution in [2.24, 2.45) is 0 Å². The first-order valence-corrected chi connectivity index (χ1v) is 8.51. The van der Waals surface area contributed by atoms with Crippen molar-refractivity contribution in [3.05, 3.63) is 10.9 Å². The lowest BCUT2D eigenvalue weighted by molar-refractivity contribution is 0.326. The van der Waals surface area contributed by atoms with Gasteiger partial charge in [0.25, 0.3) is 0 Å². The molecular weight excluding hydrogens is 282 g/mol. The largest absolute Gasteiger partial charge is 0.365 e. The van der Waals surface area contributed by atoms with Gasteiger partial charge in [-0.2, -0.15) is 4.98 Å². The Labute approximate surface area is 128 Å². The second kappa shape index (κ2) is 5.10. The number of anilines is 2. The molecule has 0 amide bonds. The number of nitrogens with one attached hydrogen (secondary N) is 2. The molecule has 6 heteroatoms. The second-order valence-electron chi connectivity index (χ2n) is 6.08. The van der Waals surface area contributed by atoms with Gasteiger partial charge in [-0.15, -0.1) is 11.3 Å². The molecule has 3 heterocycles. The van der Waals surface area contributed by atoms with Gasteiger partial charge in [-0.25, -0.2) is 4.98 Å². The minimum absolute atomic E-state index is 0.508. The summed E-state index contributed by atoms with van der Waals surface area (Å²) in [6.07, 6.45) is 3.98. The standard InChI is InChI=1S/C15H21N5S/c1-9-7-12-13(18-15(16-2)19-14(12)21-9)17-10-5-6-20(8-10)11-3-4-11/h7,10-11H,3-6,8H2,1-2H3,(H2,16,17,18,19). The van der Waals surface area contributed by atoms with E-state index in [0.717, 1.165) is 28.6 Å². The van der Waals surface area contributed by atoms with Crippen molar-refractivity contribution < 1.29 is 0 Å². The maximum atomic E-state index is 4.64. The summed E-state index contributed by atoms with van der Waals surface area (Å²) in [6, 6.07) is 3.56. The second-order valence-corrected chi connectivity index (χ2v) is 7.31. The van der Waals surface area contributed by atoms with Crippen molar-refractivity contribution in [3.8, 4) is 0 Å². The molecule has 4 rings (SSSR count). The molecule has 2 aliphatic rings. The number of rotatable bonds is 4. The third-order valence-corrected chi connectivity index (χ3v) is 5.31. The Kier molecular flexibility index (Phi) is 3.23. The van der Waals surface area contributed by atoms with Gasteiger partial charge in [-0.05, 0) is 32.3 Å². The van der Waals surface area contributed by atoms with Crippen molar-refractivity contribution >= 4 is 33.3 Å². The fourth-order valence-electron chi connectivity index (χ4n) is 3.13. The molecule has 1 unspecified atom stereocenters. The van der Waals surface area contributed by atoms with E-state index in [1.807, 2.05) is 7.05 Å². The zero-order valence-electron chi connectivity index (χ0n) is 12.5. The van der Waals surface area contributed by atoms with Crippen LogP contribution in [0.4, 0.5) is 11.8 Å². The van der Waals surface area contributed by atoms with Gasteiger partial charge in [0.1, 0.15) is 10.6 Å². The SMILES string of the molecule is CNc1nc(NC2CCN(C3CC3)C2)c2cc(C)sc2n1. The molecule has 5 nitrogen and oxygen atoms in total. The minimum Gasteiger partial charge on any atom is -0.365 e. The lowest BCUT2D eigenvalue weighted by atomic mass is 10.2. The summed E-state index contributed by atoms with van der Waals surface area (Å²) in [5.74, 6) is 1.68. The molecular formula is C15H21N5S. The Morgan fingerprint density at radius 1 is 1.29 bits per heavy atom. The Bertz CT molecular complexity index is 663. The van der Waals surface area contributed by atoms with Gasteiger partial charge in [0.15, 0.2) is 0 Å². The van der Waals surface area contributed by atoms with Crippen LogP contribution in [0.15, 0.2) is 6.07 Å². The topological polar surface area (TPSA) is 53.1 Å². The van der Waals surface area contributed by atoms with Crippen LogP contribution in [0.25, 0.3) is 10.2 Å². The average molecular weight is 303 g/mol. The van der Waals surface area contributed by atoms with Crippen LogP contribution >= 0.6 is 11.3 Å². The van der Waals surface area contributed by atoms with E-state index in [2.05, 4.69) is 38.5 Å². The number of aromatic nitrogens is 2. The molecule has 1 saturated carbocycles. The van der Waals surface area contributed by atoms with Gasteiger partial charge in [0, 0.05) is 37.1 Å². The van der Waals surface area contributed by atoms with Crippen LogP contribution < -0.4 is 10.6 Å². The van der Waals surface area contributed by atoms with Crippen LogP contribution in [-0.2, 0) is 0 Å². The van der Waals surface area contributed by atoms with E-state index in [-0.39, 0.29) is 0 Å². The molecule has 1 aliphatic heterocycles. The molecule has 1 atom stereocenters. The third-order valence-electron chi connectivity index (χ3n) is 4.36. The van der Waals surface area contributed by atoms with E-state index < -0.39 is 0 Å². The fourth-order valence-corrected chi connectivity index (χ4v) is 4.01. The first-order chi connectivity index (χ1) is 10.2. The Hall–Kier alpha value is -1.40. The highest BCUT2D eigenvalue weighted by molar-refractivity contribution is 7.18. The van der Waals surface area contributed by atoms with Crippen LogP contribution in [-0.4, -0.2) is 47.1 Å². The summed E-state index contributed by atoms with van der Waals surface area (Å²) >= 11 is 1.73. The number of aryl methyl sites for hydroxylation is 1. The molecule has 1 aliphatic carbocycles. The van der Waals surface area contributed by atoms with E-state index >= 15 is 0 Å². The molecule has 0 radical (unpaired) electrons. The number of thiophene rings is 1. The summed E-state index contributed by atoms with van der Waals surface area (Å²) in [7, 11) is 1.87. The van der Waals surface area contributed by atoms with Gasteiger partial charge in [0.2, 0.25) is 5.95 Å². The summed E-state index contributed by atoms with van der Waals surface area (Å²) in [5, 5.41) is 7.88. The molecule has 0 bridgehead atoms. The Balaban J connectivity index is 1.59. The predicted molar refractivity (Wildman–Crippen MR) is 88.3 cm³/mol. The van der Waals surface area contributed by atoms with Gasteiger partial charge in [-0.1, -0.05) is 0 Å². The fraction of sp³-hybridized carbons (Fsp3) is 0.600. The van der Waals surface area contributed by atoms with Crippen LogP contribution in [0.2, 0.25) is 0 Å². The van der Waals surface area contributed by atoms with E-state index in [1.54, 1.807) is 11.3 Å². The quantitative estimate of drug-likeness (QED) is 0.909. The van der Waals surface area contributed by atoms with Crippen molar-refractivity contribution in [3.63, 3.8) is 0 Å². The normalized spacial score (nSPS) is 22.9. The van der Waals surface area contributed by atoms with Gasteiger partial charge in [0.05, 0.1) is 5.39 Å². The highest BCUT2D eigenvalue weighted by Gasteiger charge is 2.34. The molecule has 2 fully saturated rings. The van der Waals surface area contributed by atoms with Crippen molar-refractivity contribution in [1.29, 1.82) is 0 Å². The predicted octanol–water partition coefficient (Wildman–Crippen LogP) is 2.69.